The third-order valence-electron chi connectivity index (χ3n) is 3.37. The lowest BCUT2D eigenvalue weighted by atomic mass is 10.2. The zero-order chi connectivity index (χ0) is 17.2. The van der Waals surface area contributed by atoms with Crippen LogP contribution in [0.3, 0.4) is 0 Å². The van der Waals surface area contributed by atoms with Crippen LogP contribution in [0.5, 0.6) is 0 Å². The van der Waals surface area contributed by atoms with Crippen molar-refractivity contribution in [2.75, 3.05) is 13.3 Å². The van der Waals surface area contributed by atoms with E-state index in [9.17, 15) is 14.5 Å². The Balaban J connectivity index is 2.14. The fraction of sp³-hybridized carbons (Fsp3) is 0.714. The van der Waals surface area contributed by atoms with Gasteiger partial charge in [-0.05, 0) is 26.8 Å². The number of rotatable bonds is 6. The molecular formula is C14H23N2O6P. The summed E-state index contributed by atoms with van der Waals surface area (Å²) in [6.45, 7) is 6.31. The lowest BCUT2D eigenvalue weighted by molar-refractivity contribution is -0.0441. The summed E-state index contributed by atoms with van der Waals surface area (Å²) in [4.78, 5) is 15.8. The molecule has 1 saturated heterocycles. The predicted molar refractivity (Wildman–Crippen MR) is 83.5 cm³/mol. The predicted octanol–water partition coefficient (Wildman–Crippen LogP) is 1.46. The zero-order valence-electron chi connectivity index (χ0n) is 13.7. The van der Waals surface area contributed by atoms with Gasteiger partial charge >= 0.3 is 13.3 Å². The lowest BCUT2D eigenvalue weighted by Crippen LogP contribution is -2.28. The standard InChI is InChI=1S/C14H23N2O6P/c1-9(2)21-23(4,19)22-11-7-13(20-12(11)8-17)16-6-5-10(3)15-14(16)18/h5-6,9,11-13,17H,7-8H2,1-4H3/t11-,12-,13-,23?/m1/s1. The monoisotopic (exact) mass is 346 g/mol. The van der Waals surface area contributed by atoms with E-state index in [1.54, 1.807) is 33.0 Å². The maximum Gasteiger partial charge on any atom is 0.349 e. The van der Waals surface area contributed by atoms with Gasteiger partial charge in [-0.15, -0.1) is 0 Å². The molecule has 130 valence electrons. The van der Waals surface area contributed by atoms with Gasteiger partial charge in [0.2, 0.25) is 0 Å². The molecule has 1 unspecified atom stereocenters. The Hall–Kier alpha value is -1.05. The minimum atomic E-state index is -3.28. The fourth-order valence-electron chi connectivity index (χ4n) is 2.52. The average molecular weight is 346 g/mol. The van der Waals surface area contributed by atoms with E-state index in [1.807, 2.05) is 0 Å². The van der Waals surface area contributed by atoms with Crippen molar-refractivity contribution in [3.8, 4) is 0 Å². The molecule has 8 nitrogen and oxygen atoms in total. The van der Waals surface area contributed by atoms with Crippen molar-refractivity contribution in [2.24, 2.45) is 0 Å². The van der Waals surface area contributed by atoms with Crippen LogP contribution in [0.1, 0.15) is 32.2 Å². The number of aryl methyl sites for hydroxylation is 1. The fourth-order valence-corrected chi connectivity index (χ4v) is 4.05. The molecule has 1 aromatic heterocycles. The lowest BCUT2D eigenvalue weighted by Gasteiger charge is -2.22. The first kappa shape index (κ1) is 18.3. The van der Waals surface area contributed by atoms with Crippen LogP contribution in [-0.2, 0) is 18.3 Å². The van der Waals surface area contributed by atoms with Crippen molar-refractivity contribution in [2.45, 2.75) is 51.7 Å². The molecule has 0 aliphatic carbocycles. The Morgan fingerprint density at radius 3 is 2.83 bits per heavy atom. The Morgan fingerprint density at radius 2 is 2.26 bits per heavy atom. The summed E-state index contributed by atoms with van der Waals surface area (Å²) < 4.78 is 30.2. The minimum Gasteiger partial charge on any atom is -0.394 e. The second kappa shape index (κ2) is 7.23. The zero-order valence-corrected chi connectivity index (χ0v) is 14.6. The summed E-state index contributed by atoms with van der Waals surface area (Å²) in [5, 5.41) is 9.45. The Morgan fingerprint density at radius 1 is 1.57 bits per heavy atom. The van der Waals surface area contributed by atoms with Crippen molar-refractivity contribution in [1.29, 1.82) is 0 Å². The average Bonchev–Trinajstić information content (AvgIpc) is 2.78. The first-order chi connectivity index (χ1) is 10.7. The topological polar surface area (TPSA) is 99.9 Å². The molecule has 1 aliphatic heterocycles. The molecule has 0 amide bonds. The summed E-state index contributed by atoms with van der Waals surface area (Å²) in [6, 6.07) is 1.69. The van der Waals surface area contributed by atoms with Crippen LogP contribution < -0.4 is 5.69 Å². The van der Waals surface area contributed by atoms with E-state index in [0.717, 1.165) is 0 Å². The normalized spacial score (nSPS) is 27.3. The molecule has 0 radical (unpaired) electrons. The van der Waals surface area contributed by atoms with Crippen LogP contribution >= 0.6 is 7.60 Å². The van der Waals surface area contributed by atoms with Gasteiger partial charge in [0.15, 0.2) is 0 Å². The van der Waals surface area contributed by atoms with Crippen molar-refractivity contribution in [3.63, 3.8) is 0 Å². The largest absolute Gasteiger partial charge is 0.394 e. The molecular weight excluding hydrogens is 323 g/mol. The second-order valence-corrected chi connectivity index (χ2v) is 7.84. The molecule has 23 heavy (non-hydrogen) atoms. The minimum absolute atomic E-state index is 0.250. The van der Waals surface area contributed by atoms with Gasteiger partial charge < -0.3 is 18.9 Å². The van der Waals surface area contributed by atoms with Crippen LogP contribution in [0.2, 0.25) is 0 Å². The molecule has 1 N–H and O–H groups in total. The number of ether oxygens (including phenoxy) is 1. The smallest absolute Gasteiger partial charge is 0.349 e. The first-order valence-electron chi connectivity index (χ1n) is 7.48. The highest BCUT2D eigenvalue weighted by molar-refractivity contribution is 7.53. The first-order valence-corrected chi connectivity index (χ1v) is 9.47. The van der Waals surface area contributed by atoms with Crippen LogP contribution in [0, 0.1) is 6.92 Å². The van der Waals surface area contributed by atoms with Gasteiger partial charge in [0, 0.05) is 25.0 Å². The van der Waals surface area contributed by atoms with Crippen LogP contribution in [0.25, 0.3) is 0 Å². The quantitative estimate of drug-likeness (QED) is 0.779. The van der Waals surface area contributed by atoms with E-state index in [2.05, 4.69) is 4.98 Å². The maximum atomic E-state index is 12.3. The van der Waals surface area contributed by atoms with Gasteiger partial charge in [-0.2, -0.15) is 4.98 Å². The highest BCUT2D eigenvalue weighted by atomic mass is 31.2. The van der Waals surface area contributed by atoms with Gasteiger partial charge in [-0.1, -0.05) is 0 Å². The molecule has 0 spiro atoms. The highest BCUT2D eigenvalue weighted by Gasteiger charge is 2.40. The Bertz CT molecular complexity index is 646. The SMILES string of the molecule is Cc1ccn([C@H]2C[C@@H](OP(C)(=O)OC(C)C)[C@@H](CO)O2)c(=O)n1. The second-order valence-electron chi connectivity index (χ2n) is 5.88. The summed E-state index contributed by atoms with van der Waals surface area (Å²) in [6.07, 6.45) is -0.334. The number of hydrogen-bond donors (Lipinski definition) is 1. The third-order valence-corrected chi connectivity index (χ3v) is 4.83. The van der Waals surface area contributed by atoms with E-state index in [4.69, 9.17) is 13.8 Å². The molecule has 1 fully saturated rings. The van der Waals surface area contributed by atoms with E-state index in [1.165, 1.54) is 11.2 Å². The van der Waals surface area contributed by atoms with Crippen molar-refractivity contribution in [3.05, 3.63) is 28.4 Å². The molecule has 0 bridgehead atoms. The van der Waals surface area contributed by atoms with Gasteiger partial charge in [0.1, 0.15) is 12.3 Å². The third kappa shape index (κ3) is 4.71. The van der Waals surface area contributed by atoms with E-state index in [-0.39, 0.29) is 19.1 Å². The van der Waals surface area contributed by atoms with Crippen molar-refractivity contribution < 1.29 is 23.5 Å². The summed E-state index contributed by atoms with van der Waals surface area (Å²) in [5.74, 6) is 0. The number of hydrogen-bond acceptors (Lipinski definition) is 7. The van der Waals surface area contributed by atoms with Crippen molar-refractivity contribution >= 4 is 7.60 Å². The highest BCUT2D eigenvalue weighted by Crippen LogP contribution is 2.49. The molecule has 1 aromatic rings. The summed E-state index contributed by atoms with van der Waals surface area (Å²) >= 11 is 0. The van der Waals surface area contributed by atoms with E-state index < -0.39 is 31.7 Å². The van der Waals surface area contributed by atoms with Crippen molar-refractivity contribution in [1.82, 2.24) is 9.55 Å². The molecule has 4 atom stereocenters. The van der Waals surface area contributed by atoms with Crippen LogP contribution in [-0.4, -0.2) is 46.2 Å². The number of aliphatic hydroxyl groups is 1. The van der Waals surface area contributed by atoms with E-state index >= 15 is 0 Å². The number of aliphatic hydroxyl groups excluding tert-OH is 1. The molecule has 2 rings (SSSR count). The number of nitrogens with zero attached hydrogens (tertiary/aromatic N) is 2. The molecule has 0 aromatic carbocycles. The van der Waals surface area contributed by atoms with E-state index in [0.29, 0.717) is 5.69 Å². The van der Waals surface area contributed by atoms with Crippen LogP contribution in [0.4, 0.5) is 0 Å². The van der Waals surface area contributed by atoms with Gasteiger partial charge in [-0.3, -0.25) is 9.13 Å². The molecule has 0 saturated carbocycles. The van der Waals surface area contributed by atoms with Gasteiger partial charge in [-0.25, -0.2) is 4.79 Å². The number of aromatic nitrogens is 2. The summed E-state index contributed by atoms with van der Waals surface area (Å²) in [5.41, 5.74) is 0.171. The molecule has 2 heterocycles. The maximum absolute atomic E-state index is 12.3. The summed E-state index contributed by atoms with van der Waals surface area (Å²) in [7, 11) is -3.28. The van der Waals surface area contributed by atoms with Crippen LogP contribution in [0.15, 0.2) is 17.1 Å². The Kier molecular flexibility index (Phi) is 5.75. The Labute approximate surface area is 134 Å². The van der Waals surface area contributed by atoms with Gasteiger partial charge in [0.05, 0.1) is 18.8 Å². The van der Waals surface area contributed by atoms with Gasteiger partial charge in [0.25, 0.3) is 0 Å². The molecule has 1 aliphatic rings. The molecule has 9 heteroatoms.